The van der Waals surface area contributed by atoms with Crippen LogP contribution in [0.1, 0.15) is 6.92 Å². The molecule has 0 bridgehead atoms. The molecule has 3 nitrogen and oxygen atoms in total. The minimum Gasteiger partial charge on any atom is -0.282 e. The molecule has 8 heteroatoms. The third-order valence-electron chi connectivity index (χ3n) is 2.14. The Hall–Kier alpha value is -0.530. The molecule has 0 aliphatic rings. The predicted molar refractivity (Wildman–Crippen MR) is 75.6 cm³/mol. The lowest BCUT2D eigenvalue weighted by Gasteiger charge is -2.13. The van der Waals surface area contributed by atoms with Crippen LogP contribution in [-0.4, -0.2) is 25.8 Å². The molecule has 1 unspecified atom stereocenters. The molecule has 108 valence electrons. The van der Waals surface area contributed by atoms with Crippen LogP contribution in [0.2, 0.25) is 0 Å². The first-order valence-corrected chi connectivity index (χ1v) is 8.51. The number of rotatable bonds is 7. The van der Waals surface area contributed by atoms with Crippen LogP contribution in [0, 0.1) is 5.92 Å². The van der Waals surface area contributed by atoms with Crippen molar-refractivity contribution in [3.63, 3.8) is 0 Å². The Labute approximate surface area is 120 Å². The summed E-state index contributed by atoms with van der Waals surface area (Å²) in [7, 11) is -3.60. The summed E-state index contributed by atoms with van der Waals surface area (Å²) in [6, 6.07) is 6.05. The van der Waals surface area contributed by atoms with Gasteiger partial charge in [-0.1, -0.05) is 30.8 Å². The number of hydrogen-bond donors (Lipinski definition) is 1. The Kier molecular flexibility index (Phi) is 6.35. The van der Waals surface area contributed by atoms with Crippen LogP contribution in [-0.2, 0) is 10.0 Å². The van der Waals surface area contributed by atoms with E-state index >= 15 is 0 Å². The van der Waals surface area contributed by atoms with Crippen LogP contribution in [0.15, 0.2) is 29.2 Å². The predicted octanol–water partition coefficient (Wildman–Crippen LogP) is 3.62. The van der Waals surface area contributed by atoms with Crippen LogP contribution in [0.5, 0.6) is 0 Å². The van der Waals surface area contributed by atoms with E-state index in [1.807, 2.05) is 0 Å². The quantitative estimate of drug-likeness (QED) is 0.614. The molecule has 1 rings (SSSR count). The number of anilines is 1. The van der Waals surface area contributed by atoms with Gasteiger partial charge in [0.15, 0.2) is 0 Å². The summed E-state index contributed by atoms with van der Waals surface area (Å²) in [6.07, 6.45) is 0. The molecule has 0 amide bonds. The Morgan fingerprint density at radius 3 is 2.58 bits per heavy atom. The maximum Gasteiger partial charge on any atom is 0.288 e. The third kappa shape index (κ3) is 5.97. The van der Waals surface area contributed by atoms with Crippen molar-refractivity contribution < 1.29 is 17.2 Å². The van der Waals surface area contributed by atoms with Crippen molar-refractivity contribution in [3.8, 4) is 0 Å². The topological polar surface area (TPSA) is 46.2 Å². The molecule has 1 N–H and O–H groups in total. The summed E-state index contributed by atoms with van der Waals surface area (Å²) in [4.78, 5) is 0.194. The molecule has 0 heterocycles. The number of hydrogen-bond acceptors (Lipinski definition) is 3. The van der Waals surface area contributed by atoms with Gasteiger partial charge in [0, 0.05) is 10.8 Å². The summed E-state index contributed by atoms with van der Waals surface area (Å²) in [6.45, 7) is 1.70. The second kappa shape index (κ2) is 7.31. The lowest BCUT2D eigenvalue weighted by atomic mass is 10.3. The van der Waals surface area contributed by atoms with E-state index in [0.29, 0.717) is 11.8 Å². The highest BCUT2D eigenvalue weighted by molar-refractivity contribution is 7.99. The molecule has 19 heavy (non-hydrogen) atoms. The molecule has 1 atom stereocenters. The maximum absolute atomic E-state index is 12.4. The van der Waals surface area contributed by atoms with Gasteiger partial charge in [-0.05, 0) is 18.1 Å². The first-order valence-electron chi connectivity index (χ1n) is 5.44. The maximum atomic E-state index is 12.4. The minimum atomic E-state index is -3.60. The molecule has 1 aromatic rings. The van der Waals surface area contributed by atoms with Crippen molar-refractivity contribution in [2.24, 2.45) is 5.92 Å². The van der Waals surface area contributed by atoms with Gasteiger partial charge in [-0.25, -0.2) is 8.42 Å². The summed E-state index contributed by atoms with van der Waals surface area (Å²) in [5.41, 5.74) is 0.162. The second-order valence-electron chi connectivity index (χ2n) is 4.02. The van der Waals surface area contributed by atoms with E-state index in [1.165, 1.54) is 12.1 Å². The van der Waals surface area contributed by atoms with E-state index in [0.717, 1.165) is 0 Å². The van der Waals surface area contributed by atoms with Gasteiger partial charge >= 0.3 is 0 Å². The largest absolute Gasteiger partial charge is 0.288 e. The summed E-state index contributed by atoms with van der Waals surface area (Å²) in [5, 5.41) is 0. The van der Waals surface area contributed by atoms with Gasteiger partial charge in [-0.15, -0.1) is 11.6 Å². The zero-order valence-electron chi connectivity index (χ0n) is 10.1. The van der Waals surface area contributed by atoms with Crippen LogP contribution in [0.4, 0.5) is 14.5 Å². The van der Waals surface area contributed by atoms with Crippen molar-refractivity contribution >= 4 is 39.1 Å². The molecular formula is C11H14ClF2NO2S2. The fourth-order valence-electron chi connectivity index (χ4n) is 1.38. The van der Waals surface area contributed by atoms with E-state index in [9.17, 15) is 17.2 Å². The number of alkyl halides is 3. The lowest BCUT2D eigenvalue weighted by Crippen LogP contribution is -2.22. The highest BCUT2D eigenvalue weighted by atomic mass is 35.5. The van der Waals surface area contributed by atoms with E-state index < -0.39 is 15.8 Å². The number of halogens is 3. The normalized spacial score (nSPS) is 13.5. The fourth-order valence-corrected chi connectivity index (χ4v) is 3.74. The average molecular weight is 330 g/mol. The van der Waals surface area contributed by atoms with Gasteiger partial charge in [0.25, 0.3) is 5.76 Å². The highest BCUT2D eigenvalue weighted by Crippen LogP contribution is 2.32. The summed E-state index contributed by atoms with van der Waals surface area (Å²) in [5.74, 6) is -2.75. The van der Waals surface area contributed by atoms with Crippen molar-refractivity contribution in [2.45, 2.75) is 17.6 Å². The third-order valence-corrected chi connectivity index (χ3v) is 4.99. The van der Waals surface area contributed by atoms with Crippen molar-refractivity contribution in [3.05, 3.63) is 24.3 Å². The van der Waals surface area contributed by atoms with Gasteiger partial charge in [0.1, 0.15) is 0 Å². The van der Waals surface area contributed by atoms with Crippen LogP contribution in [0.25, 0.3) is 0 Å². The Morgan fingerprint density at radius 1 is 1.37 bits per heavy atom. The molecule has 0 saturated carbocycles. The average Bonchev–Trinajstić information content (AvgIpc) is 2.30. The molecule has 0 aliphatic heterocycles. The van der Waals surface area contributed by atoms with Gasteiger partial charge in [-0.3, -0.25) is 4.72 Å². The highest BCUT2D eigenvalue weighted by Gasteiger charge is 2.18. The number of benzene rings is 1. The molecule has 0 aliphatic carbocycles. The molecule has 0 radical (unpaired) electrons. The Bertz CT molecular complexity index is 511. The van der Waals surface area contributed by atoms with Crippen molar-refractivity contribution in [1.82, 2.24) is 0 Å². The molecule has 1 aromatic carbocycles. The molecule has 0 fully saturated rings. The molecular weight excluding hydrogens is 316 g/mol. The monoisotopic (exact) mass is 329 g/mol. The van der Waals surface area contributed by atoms with Gasteiger partial charge in [0.2, 0.25) is 10.0 Å². The van der Waals surface area contributed by atoms with Crippen LogP contribution in [0.3, 0.4) is 0 Å². The second-order valence-corrected chi connectivity index (χ2v) is 7.13. The van der Waals surface area contributed by atoms with E-state index in [-0.39, 0.29) is 28.1 Å². The van der Waals surface area contributed by atoms with Gasteiger partial charge < -0.3 is 0 Å². The number of thioether (sulfide) groups is 1. The van der Waals surface area contributed by atoms with Crippen molar-refractivity contribution in [1.29, 1.82) is 0 Å². The van der Waals surface area contributed by atoms with Crippen molar-refractivity contribution in [2.75, 3.05) is 16.4 Å². The van der Waals surface area contributed by atoms with E-state index in [4.69, 9.17) is 11.6 Å². The standard InChI is InChI=1S/C11H14ClF2NO2S2/c1-8(6-12)7-19(16,17)15-9-4-2-3-5-10(9)18-11(13)14/h2-5,8,11,15H,6-7H2,1H3. The Balaban J connectivity index is 2.87. The van der Waals surface area contributed by atoms with Gasteiger partial charge in [0.05, 0.1) is 11.4 Å². The summed E-state index contributed by atoms with van der Waals surface area (Å²) < 4.78 is 50.7. The van der Waals surface area contributed by atoms with Crippen LogP contribution < -0.4 is 4.72 Å². The lowest BCUT2D eigenvalue weighted by molar-refractivity contribution is 0.252. The summed E-state index contributed by atoms with van der Waals surface area (Å²) >= 11 is 5.87. The fraction of sp³-hybridized carbons (Fsp3) is 0.455. The van der Waals surface area contributed by atoms with Gasteiger partial charge in [-0.2, -0.15) is 8.78 Å². The molecule has 0 saturated heterocycles. The zero-order chi connectivity index (χ0) is 14.5. The molecule has 0 aromatic heterocycles. The SMILES string of the molecule is CC(CCl)CS(=O)(=O)Nc1ccccc1SC(F)F. The number of sulfonamides is 1. The van der Waals surface area contributed by atoms with E-state index in [2.05, 4.69) is 4.72 Å². The number of para-hydroxylation sites is 1. The molecule has 0 spiro atoms. The smallest absolute Gasteiger partial charge is 0.282 e. The first kappa shape index (κ1) is 16.5. The van der Waals surface area contributed by atoms with Crippen LogP contribution >= 0.6 is 23.4 Å². The Morgan fingerprint density at radius 2 is 2.00 bits per heavy atom. The van der Waals surface area contributed by atoms with E-state index in [1.54, 1.807) is 19.1 Å². The zero-order valence-corrected chi connectivity index (χ0v) is 12.5. The number of nitrogens with one attached hydrogen (secondary N) is 1. The minimum absolute atomic E-state index is 0.149. The first-order chi connectivity index (χ1) is 8.84.